The van der Waals surface area contributed by atoms with E-state index in [1.807, 2.05) is 60.7 Å². The van der Waals surface area contributed by atoms with Gasteiger partial charge in [-0.15, -0.1) is 0 Å². The molecule has 4 nitrogen and oxygen atoms in total. The van der Waals surface area contributed by atoms with Crippen molar-refractivity contribution in [1.82, 2.24) is 19.9 Å². The van der Waals surface area contributed by atoms with Crippen LogP contribution in [0, 0.1) is 0 Å². The summed E-state index contributed by atoms with van der Waals surface area (Å²) in [6.45, 7) is 0. The molecule has 0 radical (unpaired) electrons. The Labute approximate surface area is 139 Å². The van der Waals surface area contributed by atoms with Crippen molar-refractivity contribution < 1.29 is 0 Å². The first-order valence-corrected chi connectivity index (χ1v) is 7.67. The van der Waals surface area contributed by atoms with Gasteiger partial charge in [0.15, 0.2) is 0 Å². The van der Waals surface area contributed by atoms with Gasteiger partial charge < -0.3 is 0 Å². The molecular formula is C20H14N4. The third-order valence-corrected chi connectivity index (χ3v) is 3.72. The minimum Gasteiger partial charge on any atom is -0.256 e. The Kier molecular flexibility index (Phi) is 3.78. The molecule has 0 N–H and O–H groups in total. The van der Waals surface area contributed by atoms with Crippen LogP contribution in [0.25, 0.3) is 33.9 Å². The Balaban J connectivity index is 1.93. The first-order chi connectivity index (χ1) is 11.9. The molecule has 0 aliphatic carbocycles. The largest absolute Gasteiger partial charge is 0.256 e. The molecule has 0 bridgehead atoms. The number of nitrogens with zero attached hydrogens (tertiary/aromatic N) is 4. The van der Waals surface area contributed by atoms with E-state index in [4.69, 9.17) is 0 Å². The average Bonchev–Trinajstić information content (AvgIpc) is 2.69. The van der Waals surface area contributed by atoms with Crippen molar-refractivity contribution in [3.8, 4) is 33.9 Å². The second kappa shape index (κ2) is 6.38. The summed E-state index contributed by atoms with van der Waals surface area (Å²) in [6.07, 6.45) is 7.12. The monoisotopic (exact) mass is 310 g/mol. The lowest BCUT2D eigenvalue weighted by Crippen LogP contribution is -1.96. The molecule has 24 heavy (non-hydrogen) atoms. The van der Waals surface area contributed by atoms with Gasteiger partial charge in [0.25, 0.3) is 0 Å². The van der Waals surface area contributed by atoms with Crippen molar-refractivity contribution in [2.75, 3.05) is 0 Å². The van der Waals surface area contributed by atoms with Gasteiger partial charge in [-0.3, -0.25) is 19.9 Å². The quantitative estimate of drug-likeness (QED) is 0.567. The second-order valence-electron chi connectivity index (χ2n) is 5.23. The van der Waals surface area contributed by atoms with Gasteiger partial charge >= 0.3 is 0 Å². The van der Waals surface area contributed by atoms with Crippen LogP contribution >= 0.6 is 0 Å². The van der Waals surface area contributed by atoms with Crippen LogP contribution in [0.15, 0.2) is 85.5 Å². The van der Waals surface area contributed by atoms with E-state index >= 15 is 0 Å². The van der Waals surface area contributed by atoms with Gasteiger partial charge in [-0.1, -0.05) is 12.1 Å². The summed E-state index contributed by atoms with van der Waals surface area (Å²) in [4.78, 5) is 18.1. The van der Waals surface area contributed by atoms with Crippen molar-refractivity contribution in [2.45, 2.75) is 0 Å². The summed E-state index contributed by atoms with van der Waals surface area (Å²) in [5, 5.41) is 0. The van der Waals surface area contributed by atoms with Crippen molar-refractivity contribution in [1.29, 1.82) is 0 Å². The van der Waals surface area contributed by atoms with E-state index in [1.165, 1.54) is 0 Å². The highest BCUT2D eigenvalue weighted by Crippen LogP contribution is 2.33. The van der Waals surface area contributed by atoms with E-state index in [0.717, 1.165) is 33.9 Å². The molecule has 0 spiro atoms. The van der Waals surface area contributed by atoms with E-state index in [-0.39, 0.29) is 0 Å². The molecule has 0 saturated carbocycles. The van der Waals surface area contributed by atoms with Gasteiger partial charge in [0, 0.05) is 35.9 Å². The number of aromatic nitrogens is 4. The first kappa shape index (κ1) is 14.2. The maximum Gasteiger partial charge on any atom is 0.0987 e. The fraction of sp³-hybridized carbons (Fsp3) is 0. The van der Waals surface area contributed by atoms with Crippen molar-refractivity contribution in [2.24, 2.45) is 0 Å². The molecule has 4 heteroatoms. The van der Waals surface area contributed by atoms with Gasteiger partial charge in [-0.2, -0.15) is 0 Å². The van der Waals surface area contributed by atoms with Gasteiger partial charge in [0.05, 0.1) is 22.8 Å². The van der Waals surface area contributed by atoms with Crippen LogP contribution in [0.4, 0.5) is 0 Å². The minimum absolute atomic E-state index is 0.803. The van der Waals surface area contributed by atoms with Crippen LogP contribution in [0.1, 0.15) is 0 Å². The van der Waals surface area contributed by atoms with Crippen molar-refractivity contribution >= 4 is 0 Å². The van der Waals surface area contributed by atoms with E-state index in [1.54, 1.807) is 24.8 Å². The highest BCUT2D eigenvalue weighted by Gasteiger charge is 2.15. The number of rotatable bonds is 3. The summed E-state index contributed by atoms with van der Waals surface area (Å²) < 4.78 is 0. The van der Waals surface area contributed by atoms with Crippen LogP contribution in [0.2, 0.25) is 0 Å². The van der Waals surface area contributed by atoms with E-state index < -0.39 is 0 Å². The van der Waals surface area contributed by atoms with Crippen LogP contribution in [0.5, 0.6) is 0 Å². The Hall–Kier alpha value is -3.40. The normalized spacial score (nSPS) is 10.5. The summed E-state index contributed by atoms with van der Waals surface area (Å²) in [5.74, 6) is 0. The molecule has 4 aromatic rings. The zero-order chi connectivity index (χ0) is 16.2. The molecule has 114 valence electrons. The lowest BCUT2D eigenvalue weighted by atomic mass is 10.0. The van der Waals surface area contributed by atoms with Crippen molar-refractivity contribution in [3.63, 3.8) is 0 Å². The fourth-order valence-corrected chi connectivity index (χ4v) is 2.65. The summed E-state index contributed by atoms with van der Waals surface area (Å²) in [5.41, 5.74) is 5.26. The maximum atomic E-state index is 4.58. The molecule has 0 amide bonds. The standard InChI is InChI=1S/C20H14N4/c1-3-11-21-17(9-1)15-7-5-13-23-19(15)20-16(8-6-14-24-20)18-10-2-4-12-22-18/h1-14H. The van der Waals surface area contributed by atoms with Crippen LogP contribution in [0.3, 0.4) is 0 Å². The van der Waals surface area contributed by atoms with Crippen LogP contribution < -0.4 is 0 Å². The number of hydrogen-bond acceptors (Lipinski definition) is 4. The van der Waals surface area contributed by atoms with Gasteiger partial charge in [-0.25, -0.2) is 0 Å². The third kappa shape index (κ3) is 2.65. The topological polar surface area (TPSA) is 51.6 Å². The van der Waals surface area contributed by atoms with Gasteiger partial charge in [0.2, 0.25) is 0 Å². The third-order valence-electron chi connectivity index (χ3n) is 3.72. The molecule has 0 unspecified atom stereocenters. The number of pyridine rings is 4. The highest BCUT2D eigenvalue weighted by atomic mass is 14.8. The molecule has 4 rings (SSSR count). The molecule has 4 aromatic heterocycles. The fourth-order valence-electron chi connectivity index (χ4n) is 2.65. The molecule has 0 aliphatic rings. The van der Waals surface area contributed by atoms with Crippen molar-refractivity contribution in [3.05, 3.63) is 85.5 Å². The highest BCUT2D eigenvalue weighted by molar-refractivity contribution is 5.85. The lowest BCUT2D eigenvalue weighted by molar-refractivity contribution is 1.22. The second-order valence-corrected chi connectivity index (χ2v) is 5.23. The zero-order valence-electron chi connectivity index (χ0n) is 12.9. The molecule has 0 saturated heterocycles. The average molecular weight is 310 g/mol. The van der Waals surface area contributed by atoms with E-state index in [0.29, 0.717) is 0 Å². The van der Waals surface area contributed by atoms with Crippen LogP contribution in [-0.4, -0.2) is 19.9 Å². The first-order valence-electron chi connectivity index (χ1n) is 7.67. The van der Waals surface area contributed by atoms with E-state index in [9.17, 15) is 0 Å². The Morgan fingerprint density at radius 2 is 0.875 bits per heavy atom. The zero-order valence-corrected chi connectivity index (χ0v) is 12.9. The smallest absolute Gasteiger partial charge is 0.0987 e. The predicted octanol–water partition coefficient (Wildman–Crippen LogP) is 4.27. The Morgan fingerprint density at radius 1 is 0.417 bits per heavy atom. The minimum atomic E-state index is 0.803. The summed E-state index contributed by atoms with van der Waals surface area (Å²) in [7, 11) is 0. The maximum absolute atomic E-state index is 4.58. The molecular weight excluding hydrogens is 296 g/mol. The Morgan fingerprint density at radius 3 is 1.29 bits per heavy atom. The molecule has 0 aliphatic heterocycles. The molecule has 0 aromatic carbocycles. The Bertz CT molecular complexity index is 872. The summed E-state index contributed by atoms with van der Waals surface area (Å²) in [6, 6.07) is 19.6. The SMILES string of the molecule is c1ccc(-c2cccnc2-c2ncccc2-c2ccccn2)nc1. The van der Waals surface area contributed by atoms with Crippen LogP contribution in [-0.2, 0) is 0 Å². The van der Waals surface area contributed by atoms with Gasteiger partial charge in [0.1, 0.15) is 0 Å². The summed E-state index contributed by atoms with van der Waals surface area (Å²) >= 11 is 0. The predicted molar refractivity (Wildman–Crippen MR) is 93.9 cm³/mol. The number of hydrogen-bond donors (Lipinski definition) is 0. The van der Waals surface area contributed by atoms with Gasteiger partial charge in [-0.05, 0) is 48.5 Å². The molecule has 0 atom stereocenters. The van der Waals surface area contributed by atoms with E-state index in [2.05, 4.69) is 19.9 Å². The lowest BCUT2D eigenvalue weighted by Gasteiger charge is -2.11. The molecule has 0 fully saturated rings. The molecule has 4 heterocycles.